The van der Waals surface area contributed by atoms with Crippen molar-refractivity contribution in [3.05, 3.63) is 93.9 Å². The molecule has 0 aliphatic heterocycles. The summed E-state index contributed by atoms with van der Waals surface area (Å²) >= 11 is 0. The minimum atomic E-state index is -4.43. The van der Waals surface area contributed by atoms with Crippen LogP contribution < -0.4 is 5.56 Å². The van der Waals surface area contributed by atoms with Crippen molar-refractivity contribution in [1.82, 2.24) is 14.6 Å². The van der Waals surface area contributed by atoms with Crippen molar-refractivity contribution in [2.75, 3.05) is 0 Å². The molecule has 2 heterocycles. The van der Waals surface area contributed by atoms with Crippen molar-refractivity contribution in [2.45, 2.75) is 13.1 Å². The number of hydrogen-bond acceptors (Lipinski definition) is 3. The number of aromatic nitrogens is 3. The Labute approximate surface area is 185 Å². The molecular formula is C25H15F3N4O. The van der Waals surface area contributed by atoms with Crippen molar-refractivity contribution in [3.63, 3.8) is 0 Å². The predicted molar refractivity (Wildman–Crippen MR) is 119 cm³/mol. The molecule has 0 aliphatic carbocycles. The molecule has 1 N–H and O–H groups in total. The number of aryl methyl sites for hydroxylation is 1. The summed E-state index contributed by atoms with van der Waals surface area (Å²) in [4.78, 5) is 16.3. The number of fused-ring (bicyclic) bond motifs is 2. The molecule has 0 bridgehead atoms. The Morgan fingerprint density at radius 1 is 0.939 bits per heavy atom. The van der Waals surface area contributed by atoms with E-state index in [2.05, 4.69) is 16.2 Å². The van der Waals surface area contributed by atoms with Gasteiger partial charge in [-0.2, -0.15) is 28.0 Å². The highest BCUT2D eigenvalue weighted by atomic mass is 19.4. The first-order valence-corrected chi connectivity index (χ1v) is 10.00. The lowest BCUT2D eigenvalue weighted by molar-refractivity contribution is -0.137. The Bertz CT molecular complexity index is 1620. The van der Waals surface area contributed by atoms with Gasteiger partial charge in [-0.25, -0.2) is 0 Å². The lowest BCUT2D eigenvalue weighted by atomic mass is 10.0. The molecule has 0 unspecified atom stereocenters. The zero-order chi connectivity index (χ0) is 23.3. The van der Waals surface area contributed by atoms with Gasteiger partial charge in [-0.05, 0) is 60.0 Å². The van der Waals surface area contributed by atoms with E-state index in [0.29, 0.717) is 38.9 Å². The van der Waals surface area contributed by atoms with Crippen molar-refractivity contribution in [3.8, 4) is 28.3 Å². The minimum Gasteiger partial charge on any atom is -0.339 e. The third-order valence-electron chi connectivity index (χ3n) is 5.60. The number of aromatic amines is 1. The molecule has 3 aromatic carbocycles. The highest BCUT2D eigenvalue weighted by molar-refractivity contribution is 5.88. The summed E-state index contributed by atoms with van der Waals surface area (Å²) in [6, 6.07) is 19.3. The first-order chi connectivity index (χ1) is 15.8. The van der Waals surface area contributed by atoms with Crippen LogP contribution in [0.1, 0.15) is 16.8 Å². The monoisotopic (exact) mass is 444 g/mol. The highest BCUT2D eigenvalue weighted by Crippen LogP contribution is 2.33. The van der Waals surface area contributed by atoms with Crippen molar-refractivity contribution < 1.29 is 13.2 Å². The van der Waals surface area contributed by atoms with Crippen LogP contribution >= 0.6 is 0 Å². The Morgan fingerprint density at radius 2 is 1.58 bits per heavy atom. The molecule has 2 aromatic heterocycles. The minimum absolute atomic E-state index is 0.327. The highest BCUT2D eigenvalue weighted by Gasteiger charge is 2.30. The fourth-order valence-electron chi connectivity index (χ4n) is 3.95. The zero-order valence-corrected chi connectivity index (χ0v) is 17.2. The van der Waals surface area contributed by atoms with Gasteiger partial charge in [-0.3, -0.25) is 4.79 Å². The van der Waals surface area contributed by atoms with Crippen LogP contribution in [0.4, 0.5) is 13.2 Å². The van der Waals surface area contributed by atoms with E-state index in [4.69, 9.17) is 5.26 Å². The summed E-state index contributed by atoms with van der Waals surface area (Å²) in [5.74, 6) is 0. The predicted octanol–water partition coefficient (Wildman–Crippen LogP) is 5.71. The maximum atomic E-state index is 13.1. The third-order valence-corrected chi connectivity index (χ3v) is 5.60. The quantitative estimate of drug-likeness (QED) is 0.379. The molecule has 5 rings (SSSR count). The van der Waals surface area contributed by atoms with E-state index in [1.165, 1.54) is 16.6 Å². The number of rotatable bonds is 2. The van der Waals surface area contributed by atoms with Gasteiger partial charge in [-0.15, -0.1) is 0 Å². The number of nitrogens with one attached hydrogen (secondary N) is 1. The van der Waals surface area contributed by atoms with Crippen LogP contribution in [0.3, 0.4) is 0 Å². The molecule has 162 valence electrons. The van der Waals surface area contributed by atoms with Crippen LogP contribution in [0.2, 0.25) is 0 Å². The van der Waals surface area contributed by atoms with Gasteiger partial charge in [-0.1, -0.05) is 30.3 Å². The average Bonchev–Trinajstić information content (AvgIpc) is 3.14. The van der Waals surface area contributed by atoms with Gasteiger partial charge in [0.15, 0.2) is 0 Å². The van der Waals surface area contributed by atoms with Crippen LogP contribution in [0.5, 0.6) is 0 Å². The zero-order valence-electron chi connectivity index (χ0n) is 17.2. The second-order valence-electron chi connectivity index (χ2n) is 7.68. The van der Waals surface area contributed by atoms with E-state index >= 15 is 0 Å². The van der Waals surface area contributed by atoms with Crippen LogP contribution in [-0.2, 0) is 6.18 Å². The molecule has 0 fully saturated rings. The van der Waals surface area contributed by atoms with E-state index in [1.54, 1.807) is 25.1 Å². The lowest BCUT2D eigenvalue weighted by Crippen LogP contribution is -2.15. The number of nitrogens with zero attached hydrogens (tertiary/aromatic N) is 3. The van der Waals surface area contributed by atoms with E-state index in [9.17, 15) is 18.0 Å². The molecule has 5 nitrogen and oxygen atoms in total. The number of H-pyrrole nitrogens is 1. The molecule has 0 spiro atoms. The molecule has 8 heteroatoms. The van der Waals surface area contributed by atoms with Crippen molar-refractivity contribution >= 4 is 16.6 Å². The van der Waals surface area contributed by atoms with Crippen LogP contribution in [0, 0.1) is 18.3 Å². The van der Waals surface area contributed by atoms with Crippen LogP contribution in [0.15, 0.2) is 71.5 Å². The molecule has 0 saturated carbocycles. The number of nitriles is 1. The van der Waals surface area contributed by atoms with Crippen LogP contribution in [-0.4, -0.2) is 14.6 Å². The molecular weight excluding hydrogens is 429 g/mol. The third kappa shape index (κ3) is 3.44. The van der Waals surface area contributed by atoms with E-state index in [1.807, 2.05) is 24.3 Å². The second-order valence-corrected chi connectivity index (χ2v) is 7.68. The summed E-state index contributed by atoms with van der Waals surface area (Å²) in [6.07, 6.45) is -4.43. The molecule has 0 atom stereocenters. The SMILES string of the molecule is Cc1nn2c(=O)c3ccc(-c4ccc(C#N)cc4)cc3[nH]c2c1-c1ccc(C(F)(F)F)cc1. The van der Waals surface area contributed by atoms with Gasteiger partial charge >= 0.3 is 6.18 Å². The first kappa shape index (κ1) is 20.5. The summed E-state index contributed by atoms with van der Waals surface area (Å²) in [7, 11) is 0. The standard InChI is InChI=1S/C25H15F3N4O/c1-14-22(17-6-9-19(10-7-17)25(26,27)28)23-30-21-12-18(16-4-2-15(13-29)3-5-16)8-11-20(21)24(33)32(23)31-14/h2-12,30H,1H3. The lowest BCUT2D eigenvalue weighted by Gasteiger charge is -2.08. The number of alkyl halides is 3. The summed E-state index contributed by atoms with van der Waals surface area (Å²) < 4.78 is 40.1. The Morgan fingerprint density at radius 3 is 2.21 bits per heavy atom. The number of hydrogen-bond donors (Lipinski definition) is 1. The smallest absolute Gasteiger partial charge is 0.339 e. The van der Waals surface area contributed by atoms with E-state index in [0.717, 1.165) is 23.3 Å². The number of halogens is 3. The topological polar surface area (TPSA) is 74.0 Å². The summed E-state index contributed by atoms with van der Waals surface area (Å²) in [5.41, 5.74) is 3.78. The number of benzene rings is 3. The maximum absolute atomic E-state index is 13.1. The molecule has 5 aromatic rings. The van der Waals surface area contributed by atoms with E-state index in [-0.39, 0.29) is 5.56 Å². The molecule has 0 aliphatic rings. The Hall–Kier alpha value is -4.38. The summed E-state index contributed by atoms with van der Waals surface area (Å²) in [5, 5.41) is 13.8. The summed E-state index contributed by atoms with van der Waals surface area (Å²) in [6.45, 7) is 1.71. The molecule has 0 amide bonds. The maximum Gasteiger partial charge on any atom is 0.416 e. The van der Waals surface area contributed by atoms with Gasteiger partial charge in [0.2, 0.25) is 0 Å². The van der Waals surface area contributed by atoms with Crippen molar-refractivity contribution in [1.29, 1.82) is 5.26 Å². The molecule has 0 radical (unpaired) electrons. The van der Waals surface area contributed by atoms with Gasteiger partial charge in [0.25, 0.3) is 5.56 Å². The van der Waals surface area contributed by atoms with Crippen molar-refractivity contribution in [2.24, 2.45) is 0 Å². The molecule has 0 saturated heterocycles. The average molecular weight is 444 g/mol. The van der Waals surface area contributed by atoms with Crippen LogP contribution in [0.25, 0.3) is 38.8 Å². The fraction of sp³-hybridized carbons (Fsp3) is 0.0800. The van der Waals surface area contributed by atoms with Gasteiger partial charge in [0, 0.05) is 5.56 Å². The first-order valence-electron chi connectivity index (χ1n) is 10.00. The largest absolute Gasteiger partial charge is 0.416 e. The fourth-order valence-corrected chi connectivity index (χ4v) is 3.95. The Kier molecular flexibility index (Phi) is 4.57. The van der Waals surface area contributed by atoms with Gasteiger partial charge in [0.1, 0.15) is 5.65 Å². The van der Waals surface area contributed by atoms with Gasteiger partial charge < -0.3 is 4.98 Å². The normalized spacial score (nSPS) is 11.7. The Balaban J connectivity index is 1.69. The van der Waals surface area contributed by atoms with E-state index < -0.39 is 11.7 Å². The van der Waals surface area contributed by atoms with Gasteiger partial charge in [0.05, 0.1) is 33.8 Å². The molecule has 33 heavy (non-hydrogen) atoms. The second kappa shape index (κ2) is 7.35.